The van der Waals surface area contributed by atoms with Gasteiger partial charge in [-0.3, -0.25) is 4.57 Å². The van der Waals surface area contributed by atoms with Crippen molar-refractivity contribution in [2.45, 2.75) is 34.6 Å². The number of methoxy groups -OCH3 is 1. The lowest BCUT2D eigenvalue weighted by Crippen LogP contribution is -2.26. The van der Waals surface area contributed by atoms with E-state index >= 15 is 0 Å². The second-order valence-corrected chi connectivity index (χ2v) is 12.1. The number of hydrogen-bond donors (Lipinski definition) is 1. The molecule has 1 atom stereocenters. The van der Waals surface area contributed by atoms with Crippen LogP contribution in [0.15, 0.2) is 77.2 Å². The molecule has 0 fully saturated rings. The molecule has 1 aromatic heterocycles. The number of halogens is 4. The monoisotopic (exact) mass is 597 g/mol. The number of nitrogens with zero attached hydrogens (tertiary/aromatic N) is 2. The molecule has 2 aromatic carbocycles. The smallest absolute Gasteiger partial charge is 0.238 e. The van der Waals surface area contributed by atoms with Gasteiger partial charge in [0.25, 0.3) is 0 Å². The summed E-state index contributed by atoms with van der Waals surface area (Å²) in [5.74, 6) is -0.685. The minimum absolute atomic E-state index is 0.133. The summed E-state index contributed by atoms with van der Waals surface area (Å²) in [6.07, 6.45) is 6.21. The normalized spacial score (nSPS) is 17.9. The lowest BCUT2D eigenvalue weighted by molar-refractivity contribution is 0.414. The molecule has 1 aliphatic rings. The van der Waals surface area contributed by atoms with Gasteiger partial charge in [0.2, 0.25) is 10.0 Å². The maximum absolute atomic E-state index is 14.6. The number of aromatic nitrogens is 2. The van der Waals surface area contributed by atoms with Crippen molar-refractivity contribution in [3.05, 3.63) is 99.8 Å². The SMILES string of the molecule is C=C1C=CC(F)=CCC(C)(c2cc(Cl)c(OC)c(Cl)c2)c2cnc(SCc3ccc(S(N)(=O)=O)cc3F)n21. The number of sulfonamides is 1. The number of imidazole rings is 1. The average molecular weight is 599 g/mol. The molecule has 0 aliphatic carbocycles. The summed E-state index contributed by atoms with van der Waals surface area (Å²) < 4.78 is 59.4. The van der Waals surface area contributed by atoms with Crippen LogP contribution >= 0.6 is 35.0 Å². The van der Waals surface area contributed by atoms with Crippen LogP contribution in [0, 0.1) is 5.82 Å². The van der Waals surface area contributed by atoms with Gasteiger partial charge in [-0.25, -0.2) is 27.3 Å². The molecule has 12 heteroatoms. The molecule has 4 rings (SSSR count). The first-order valence-corrected chi connectivity index (χ1v) is 14.4. The number of nitrogens with two attached hydrogens (primary N) is 1. The Kier molecular flexibility index (Phi) is 8.11. The van der Waals surface area contributed by atoms with Crippen molar-refractivity contribution < 1.29 is 21.9 Å². The molecule has 2 N–H and O–H groups in total. The molecule has 0 amide bonds. The first kappa shape index (κ1) is 28.4. The van der Waals surface area contributed by atoms with Crippen molar-refractivity contribution in [2.24, 2.45) is 5.14 Å². The van der Waals surface area contributed by atoms with E-state index in [1.165, 1.54) is 49.2 Å². The Morgan fingerprint density at radius 3 is 2.50 bits per heavy atom. The number of benzene rings is 2. The first-order chi connectivity index (χ1) is 17.8. The molecule has 0 spiro atoms. The van der Waals surface area contributed by atoms with Crippen LogP contribution < -0.4 is 9.88 Å². The van der Waals surface area contributed by atoms with Gasteiger partial charge in [-0.05, 0) is 67.0 Å². The molecule has 0 bridgehead atoms. The number of thioether (sulfide) groups is 1. The Hall–Kier alpha value is -2.63. The summed E-state index contributed by atoms with van der Waals surface area (Å²) in [5, 5.41) is 6.17. The summed E-state index contributed by atoms with van der Waals surface area (Å²) in [6, 6.07) is 6.94. The maximum atomic E-state index is 14.6. The predicted molar refractivity (Wildman–Crippen MR) is 147 cm³/mol. The molecule has 0 saturated heterocycles. The third-order valence-corrected chi connectivity index (χ3v) is 8.75. The molecule has 1 aliphatic heterocycles. The quantitative estimate of drug-likeness (QED) is 0.313. The zero-order valence-electron chi connectivity index (χ0n) is 20.3. The lowest BCUT2D eigenvalue weighted by atomic mass is 9.76. The average Bonchev–Trinajstić information content (AvgIpc) is 3.29. The van der Waals surface area contributed by atoms with Crippen LogP contribution in [0.2, 0.25) is 10.0 Å². The van der Waals surface area contributed by atoms with E-state index < -0.39 is 27.1 Å². The van der Waals surface area contributed by atoms with E-state index in [1.54, 1.807) is 22.9 Å². The Morgan fingerprint density at radius 2 is 1.89 bits per heavy atom. The fourth-order valence-corrected chi connectivity index (χ4v) is 6.29. The third-order valence-electron chi connectivity index (χ3n) is 6.27. The minimum atomic E-state index is -4.03. The van der Waals surface area contributed by atoms with Crippen LogP contribution in [0.3, 0.4) is 0 Å². The highest BCUT2D eigenvalue weighted by Gasteiger charge is 2.35. The van der Waals surface area contributed by atoms with Crippen molar-refractivity contribution in [3.8, 4) is 5.75 Å². The Balaban J connectivity index is 1.79. The summed E-state index contributed by atoms with van der Waals surface area (Å²) in [6.45, 7) is 6.02. The molecule has 2 heterocycles. The van der Waals surface area contributed by atoms with E-state index in [9.17, 15) is 17.2 Å². The molecule has 0 saturated carbocycles. The van der Waals surface area contributed by atoms with Gasteiger partial charge in [-0.1, -0.05) is 47.6 Å². The maximum Gasteiger partial charge on any atom is 0.238 e. The van der Waals surface area contributed by atoms with E-state index in [2.05, 4.69) is 11.6 Å². The van der Waals surface area contributed by atoms with Gasteiger partial charge < -0.3 is 4.74 Å². The number of allylic oxidation sites excluding steroid dienone is 5. The second kappa shape index (κ2) is 10.9. The fourth-order valence-electron chi connectivity index (χ4n) is 4.13. The van der Waals surface area contributed by atoms with E-state index in [0.29, 0.717) is 37.9 Å². The van der Waals surface area contributed by atoms with E-state index in [4.69, 9.17) is 33.1 Å². The van der Waals surface area contributed by atoms with Gasteiger partial charge in [0, 0.05) is 16.9 Å². The molecule has 200 valence electrons. The van der Waals surface area contributed by atoms with E-state index in [-0.39, 0.29) is 22.6 Å². The topological polar surface area (TPSA) is 87.2 Å². The van der Waals surface area contributed by atoms with E-state index in [0.717, 1.165) is 6.07 Å². The van der Waals surface area contributed by atoms with Crippen LogP contribution in [0.5, 0.6) is 5.75 Å². The van der Waals surface area contributed by atoms with Crippen molar-refractivity contribution in [1.82, 2.24) is 9.55 Å². The van der Waals surface area contributed by atoms with Gasteiger partial charge in [-0.15, -0.1) is 0 Å². The molecule has 6 nitrogen and oxygen atoms in total. The van der Waals surface area contributed by atoms with Crippen molar-refractivity contribution in [2.75, 3.05) is 7.11 Å². The number of primary sulfonamides is 1. The predicted octanol–water partition coefficient (Wildman–Crippen LogP) is 6.87. The van der Waals surface area contributed by atoms with E-state index in [1.807, 2.05) is 6.92 Å². The van der Waals surface area contributed by atoms with Crippen LogP contribution in [0.1, 0.15) is 30.2 Å². The van der Waals surface area contributed by atoms with Gasteiger partial charge in [0.15, 0.2) is 10.9 Å². The first-order valence-electron chi connectivity index (χ1n) is 11.1. The van der Waals surface area contributed by atoms with Crippen LogP contribution in [0.25, 0.3) is 5.70 Å². The standard InChI is InChI=1S/C26H23Cl2F2N3O3S2/c1-15-4-6-18(29)8-9-26(2,17-10-20(27)24(36-3)21(28)11-17)23-13-32-25(33(15)23)37-14-16-5-7-19(12-22(16)30)38(31,34)35/h4-8,10-13H,1,9,14H2,2-3H3,(H2,31,34,35). The molecule has 38 heavy (non-hydrogen) atoms. The zero-order chi connectivity index (χ0) is 27.8. The second-order valence-electron chi connectivity index (χ2n) is 8.77. The highest BCUT2D eigenvalue weighted by atomic mass is 35.5. The Labute approximate surface area is 233 Å². The van der Waals surface area contributed by atoms with Crippen LogP contribution in [-0.4, -0.2) is 25.1 Å². The van der Waals surface area contributed by atoms with Gasteiger partial charge in [0.1, 0.15) is 11.6 Å². The lowest BCUT2D eigenvalue weighted by Gasteiger charge is -2.31. The summed E-state index contributed by atoms with van der Waals surface area (Å²) in [7, 11) is -2.57. The van der Waals surface area contributed by atoms with Gasteiger partial charge in [-0.2, -0.15) is 0 Å². The molecular formula is C26H23Cl2F2N3O3S2. The fraction of sp³-hybridized carbons (Fsp3) is 0.192. The largest absolute Gasteiger partial charge is 0.494 e. The number of rotatable bonds is 6. The Morgan fingerprint density at radius 1 is 1.21 bits per heavy atom. The van der Waals surface area contributed by atoms with Gasteiger partial charge >= 0.3 is 0 Å². The Bertz CT molecular complexity index is 1580. The highest BCUT2D eigenvalue weighted by Crippen LogP contribution is 2.44. The third kappa shape index (κ3) is 5.55. The number of fused-ring (bicyclic) bond motifs is 1. The molecular weight excluding hydrogens is 575 g/mol. The number of ether oxygens (including phenoxy) is 1. The highest BCUT2D eigenvalue weighted by molar-refractivity contribution is 7.98. The van der Waals surface area contributed by atoms with Crippen molar-refractivity contribution >= 4 is 50.7 Å². The number of hydrogen-bond acceptors (Lipinski definition) is 5. The zero-order valence-corrected chi connectivity index (χ0v) is 23.5. The molecule has 1 unspecified atom stereocenters. The molecule has 0 radical (unpaired) electrons. The van der Waals surface area contributed by atoms with Crippen molar-refractivity contribution in [1.29, 1.82) is 0 Å². The van der Waals surface area contributed by atoms with Crippen LogP contribution in [0.4, 0.5) is 8.78 Å². The summed E-state index contributed by atoms with van der Waals surface area (Å²) in [4.78, 5) is 4.26. The summed E-state index contributed by atoms with van der Waals surface area (Å²) in [5.41, 5.74) is 1.23. The molecule has 3 aromatic rings. The van der Waals surface area contributed by atoms with Crippen LogP contribution in [-0.2, 0) is 21.2 Å². The summed E-state index contributed by atoms with van der Waals surface area (Å²) >= 11 is 14.1. The van der Waals surface area contributed by atoms with Gasteiger partial charge in [0.05, 0.1) is 33.9 Å². The van der Waals surface area contributed by atoms with Crippen molar-refractivity contribution in [3.63, 3.8) is 0 Å². The minimum Gasteiger partial charge on any atom is -0.494 e.